The number of nitrogens with two attached hydrogens (primary N) is 1. The van der Waals surface area contributed by atoms with Crippen LogP contribution < -0.4 is 11.3 Å². The predicted molar refractivity (Wildman–Crippen MR) is 59.8 cm³/mol. The van der Waals surface area contributed by atoms with Gasteiger partial charge in [0, 0.05) is 13.2 Å². The molecule has 1 aliphatic carbocycles. The maximum absolute atomic E-state index is 5.59. The van der Waals surface area contributed by atoms with Gasteiger partial charge < -0.3 is 0 Å². The van der Waals surface area contributed by atoms with Gasteiger partial charge in [-0.15, -0.1) is 0 Å². The number of hydrogen-bond donors (Lipinski definition) is 2. The van der Waals surface area contributed by atoms with E-state index in [1.54, 1.807) is 0 Å². The first kappa shape index (κ1) is 10.6. The molecule has 0 aliphatic heterocycles. The minimum absolute atomic E-state index is 0.217. The molecule has 1 heterocycles. The number of aromatic nitrogens is 2. The van der Waals surface area contributed by atoms with E-state index in [9.17, 15) is 0 Å². The van der Waals surface area contributed by atoms with Crippen molar-refractivity contribution in [1.29, 1.82) is 0 Å². The SMILES string of the molecule is Cn1ccc(C(CC2CCCC2)NN)n1. The van der Waals surface area contributed by atoms with Gasteiger partial charge in [0.1, 0.15) is 0 Å². The molecule has 1 aliphatic rings. The van der Waals surface area contributed by atoms with Crippen LogP contribution in [0, 0.1) is 5.92 Å². The van der Waals surface area contributed by atoms with Crippen molar-refractivity contribution in [2.24, 2.45) is 18.8 Å². The van der Waals surface area contributed by atoms with Gasteiger partial charge in [-0.05, 0) is 18.4 Å². The second-order valence-corrected chi connectivity index (χ2v) is 4.52. The molecule has 1 atom stereocenters. The van der Waals surface area contributed by atoms with Gasteiger partial charge in [-0.25, -0.2) is 0 Å². The summed E-state index contributed by atoms with van der Waals surface area (Å²) in [6, 6.07) is 2.26. The fourth-order valence-electron chi connectivity index (χ4n) is 2.47. The summed E-state index contributed by atoms with van der Waals surface area (Å²) < 4.78 is 1.83. The highest BCUT2D eigenvalue weighted by Gasteiger charge is 2.21. The minimum atomic E-state index is 0.217. The monoisotopic (exact) mass is 208 g/mol. The molecule has 84 valence electrons. The van der Waals surface area contributed by atoms with Gasteiger partial charge in [0.2, 0.25) is 0 Å². The maximum Gasteiger partial charge on any atom is 0.0807 e. The first-order valence-corrected chi connectivity index (χ1v) is 5.75. The Morgan fingerprint density at radius 1 is 1.60 bits per heavy atom. The Kier molecular flexibility index (Phi) is 3.38. The molecule has 15 heavy (non-hydrogen) atoms. The van der Waals surface area contributed by atoms with Crippen LogP contribution in [0.15, 0.2) is 12.3 Å². The van der Waals surface area contributed by atoms with Crippen LogP contribution in [-0.2, 0) is 7.05 Å². The molecule has 0 aromatic carbocycles. The average molecular weight is 208 g/mol. The zero-order valence-corrected chi connectivity index (χ0v) is 9.32. The number of aryl methyl sites for hydroxylation is 1. The number of rotatable bonds is 4. The van der Waals surface area contributed by atoms with E-state index in [-0.39, 0.29) is 6.04 Å². The van der Waals surface area contributed by atoms with E-state index in [0.717, 1.165) is 18.0 Å². The fourth-order valence-corrected chi connectivity index (χ4v) is 2.47. The van der Waals surface area contributed by atoms with Crippen LogP contribution >= 0.6 is 0 Å². The predicted octanol–water partition coefficient (Wildman–Crippen LogP) is 1.50. The van der Waals surface area contributed by atoms with E-state index in [1.807, 2.05) is 24.0 Å². The summed E-state index contributed by atoms with van der Waals surface area (Å²) in [5.74, 6) is 6.42. The van der Waals surface area contributed by atoms with Crippen LogP contribution in [0.25, 0.3) is 0 Å². The molecule has 0 saturated heterocycles. The van der Waals surface area contributed by atoms with Crippen molar-refractivity contribution in [3.8, 4) is 0 Å². The Labute approximate surface area is 90.8 Å². The van der Waals surface area contributed by atoms with Crippen LogP contribution in [0.1, 0.15) is 43.8 Å². The highest BCUT2D eigenvalue weighted by molar-refractivity contribution is 5.05. The summed E-state index contributed by atoms with van der Waals surface area (Å²) in [5.41, 5.74) is 3.94. The van der Waals surface area contributed by atoms with Crippen molar-refractivity contribution >= 4 is 0 Å². The number of nitrogens with zero attached hydrogens (tertiary/aromatic N) is 2. The summed E-state index contributed by atoms with van der Waals surface area (Å²) in [6.07, 6.45) is 8.55. The summed E-state index contributed by atoms with van der Waals surface area (Å²) >= 11 is 0. The van der Waals surface area contributed by atoms with Crippen LogP contribution in [0.2, 0.25) is 0 Å². The van der Waals surface area contributed by atoms with E-state index >= 15 is 0 Å². The molecule has 4 heteroatoms. The first-order valence-electron chi connectivity index (χ1n) is 5.75. The largest absolute Gasteiger partial charge is 0.275 e. The fraction of sp³-hybridized carbons (Fsp3) is 0.727. The molecule has 3 N–H and O–H groups in total. The van der Waals surface area contributed by atoms with Gasteiger partial charge in [-0.3, -0.25) is 16.0 Å². The molecule has 1 aromatic rings. The summed E-state index contributed by atoms with van der Waals surface area (Å²) in [6.45, 7) is 0. The second-order valence-electron chi connectivity index (χ2n) is 4.52. The third kappa shape index (κ3) is 2.58. The Morgan fingerprint density at radius 2 is 2.33 bits per heavy atom. The zero-order chi connectivity index (χ0) is 10.7. The molecule has 1 fully saturated rings. The third-order valence-electron chi connectivity index (χ3n) is 3.34. The average Bonchev–Trinajstić information content (AvgIpc) is 2.85. The van der Waals surface area contributed by atoms with Crippen LogP contribution in [0.4, 0.5) is 0 Å². The molecular formula is C11H20N4. The molecule has 0 bridgehead atoms. The third-order valence-corrected chi connectivity index (χ3v) is 3.34. The second kappa shape index (κ2) is 4.77. The van der Waals surface area contributed by atoms with E-state index < -0.39 is 0 Å². The molecule has 4 nitrogen and oxygen atoms in total. The van der Waals surface area contributed by atoms with Crippen molar-refractivity contribution in [1.82, 2.24) is 15.2 Å². The van der Waals surface area contributed by atoms with Crippen molar-refractivity contribution in [2.45, 2.75) is 38.1 Å². The van der Waals surface area contributed by atoms with Gasteiger partial charge in [0.15, 0.2) is 0 Å². The standard InChI is InChI=1S/C11H20N4/c1-15-7-6-10(14-15)11(13-12)8-9-4-2-3-5-9/h6-7,9,11,13H,2-5,8,12H2,1H3. The molecular weight excluding hydrogens is 188 g/mol. The van der Waals surface area contributed by atoms with Gasteiger partial charge in [0.05, 0.1) is 11.7 Å². The normalized spacial score (nSPS) is 19.6. The van der Waals surface area contributed by atoms with Crippen LogP contribution in [-0.4, -0.2) is 9.78 Å². The lowest BCUT2D eigenvalue weighted by atomic mass is 9.97. The zero-order valence-electron chi connectivity index (χ0n) is 9.32. The van der Waals surface area contributed by atoms with Gasteiger partial charge in [-0.2, -0.15) is 5.10 Å². The molecule has 1 saturated carbocycles. The van der Waals surface area contributed by atoms with Crippen molar-refractivity contribution in [3.63, 3.8) is 0 Å². The topological polar surface area (TPSA) is 55.9 Å². The number of nitrogens with one attached hydrogen (secondary N) is 1. The number of hydrazine groups is 1. The van der Waals surface area contributed by atoms with E-state index in [4.69, 9.17) is 5.84 Å². The Bertz CT molecular complexity index is 301. The molecule has 0 radical (unpaired) electrons. The Morgan fingerprint density at radius 3 is 2.87 bits per heavy atom. The van der Waals surface area contributed by atoms with Gasteiger partial charge >= 0.3 is 0 Å². The minimum Gasteiger partial charge on any atom is -0.275 e. The van der Waals surface area contributed by atoms with Gasteiger partial charge in [-0.1, -0.05) is 25.7 Å². The molecule has 1 aromatic heterocycles. The van der Waals surface area contributed by atoms with E-state index in [0.29, 0.717) is 0 Å². The highest BCUT2D eigenvalue weighted by Crippen LogP contribution is 2.32. The number of hydrogen-bond acceptors (Lipinski definition) is 3. The smallest absolute Gasteiger partial charge is 0.0807 e. The van der Waals surface area contributed by atoms with Crippen LogP contribution in [0.5, 0.6) is 0 Å². The lowest BCUT2D eigenvalue weighted by molar-refractivity contribution is 0.392. The molecule has 0 spiro atoms. The van der Waals surface area contributed by atoms with Crippen molar-refractivity contribution < 1.29 is 0 Å². The van der Waals surface area contributed by atoms with E-state index in [2.05, 4.69) is 10.5 Å². The Balaban J connectivity index is 1.97. The summed E-state index contributed by atoms with van der Waals surface area (Å²) in [4.78, 5) is 0. The molecule has 1 unspecified atom stereocenters. The van der Waals surface area contributed by atoms with Crippen molar-refractivity contribution in [2.75, 3.05) is 0 Å². The van der Waals surface area contributed by atoms with Gasteiger partial charge in [0.25, 0.3) is 0 Å². The Hall–Kier alpha value is -0.870. The maximum atomic E-state index is 5.59. The summed E-state index contributed by atoms with van der Waals surface area (Å²) in [7, 11) is 1.94. The van der Waals surface area contributed by atoms with Crippen molar-refractivity contribution in [3.05, 3.63) is 18.0 Å². The van der Waals surface area contributed by atoms with Crippen LogP contribution in [0.3, 0.4) is 0 Å². The lowest BCUT2D eigenvalue weighted by Crippen LogP contribution is -2.29. The van der Waals surface area contributed by atoms with E-state index in [1.165, 1.54) is 25.7 Å². The quantitative estimate of drug-likeness (QED) is 0.582. The first-order chi connectivity index (χ1) is 7.29. The molecule has 2 rings (SSSR count). The highest BCUT2D eigenvalue weighted by atomic mass is 15.3. The summed E-state index contributed by atoms with van der Waals surface area (Å²) in [5, 5.41) is 4.40. The lowest BCUT2D eigenvalue weighted by Gasteiger charge is -2.17. The molecule has 0 amide bonds.